The number of pyridine rings is 2. The number of aromatic nitrogens is 2. The molecule has 0 atom stereocenters. The van der Waals surface area contributed by atoms with Crippen molar-refractivity contribution < 1.29 is 0 Å². The van der Waals surface area contributed by atoms with E-state index >= 15 is 0 Å². The average Bonchev–Trinajstić information content (AvgIpc) is 2.09. The Balaban J connectivity index is 2.89. The molecule has 0 bridgehead atoms. The van der Waals surface area contributed by atoms with Gasteiger partial charge in [0.15, 0.2) is 5.65 Å². The molecule has 2 aromatic heterocycles. The molecule has 0 fully saturated rings. The van der Waals surface area contributed by atoms with Gasteiger partial charge in [-0.2, -0.15) is 0 Å². The van der Waals surface area contributed by atoms with Crippen molar-refractivity contribution in [1.82, 2.24) is 9.97 Å². The Morgan fingerprint density at radius 2 is 1.85 bits per heavy atom. The molecule has 0 N–H and O–H groups in total. The SMILES string of the molecule is Cc1cc2c(C)ccnc2nc1C. The molecule has 13 heavy (non-hydrogen) atoms. The van der Waals surface area contributed by atoms with E-state index in [2.05, 4.69) is 29.9 Å². The topological polar surface area (TPSA) is 25.8 Å². The molecule has 2 aromatic rings. The fourth-order valence-corrected chi connectivity index (χ4v) is 1.39. The van der Waals surface area contributed by atoms with Crippen LogP contribution in [-0.2, 0) is 0 Å². The minimum Gasteiger partial charge on any atom is -0.237 e. The molecule has 0 aliphatic heterocycles. The predicted octanol–water partition coefficient (Wildman–Crippen LogP) is 2.56. The quantitative estimate of drug-likeness (QED) is 0.610. The lowest BCUT2D eigenvalue weighted by atomic mass is 10.1. The van der Waals surface area contributed by atoms with Gasteiger partial charge >= 0.3 is 0 Å². The lowest BCUT2D eigenvalue weighted by Gasteiger charge is -2.03. The van der Waals surface area contributed by atoms with Gasteiger partial charge in [-0.05, 0) is 44.0 Å². The summed E-state index contributed by atoms with van der Waals surface area (Å²) in [7, 11) is 0. The maximum atomic E-state index is 4.42. The van der Waals surface area contributed by atoms with Gasteiger partial charge < -0.3 is 0 Å². The summed E-state index contributed by atoms with van der Waals surface area (Å²) >= 11 is 0. The summed E-state index contributed by atoms with van der Waals surface area (Å²) in [4.78, 5) is 8.66. The van der Waals surface area contributed by atoms with Gasteiger partial charge in [0, 0.05) is 17.3 Å². The van der Waals surface area contributed by atoms with Crippen LogP contribution in [0.3, 0.4) is 0 Å². The summed E-state index contributed by atoms with van der Waals surface area (Å²) in [6.45, 7) is 6.17. The molecule has 66 valence electrons. The number of hydrogen-bond acceptors (Lipinski definition) is 2. The van der Waals surface area contributed by atoms with E-state index in [1.807, 2.05) is 13.0 Å². The molecule has 2 heterocycles. The van der Waals surface area contributed by atoms with E-state index in [9.17, 15) is 0 Å². The minimum absolute atomic E-state index is 0.850. The molecule has 0 unspecified atom stereocenters. The van der Waals surface area contributed by atoms with E-state index in [0.29, 0.717) is 0 Å². The molecule has 0 aromatic carbocycles. The van der Waals surface area contributed by atoms with Crippen LogP contribution in [0.4, 0.5) is 0 Å². The highest BCUT2D eigenvalue weighted by Gasteiger charge is 2.01. The first-order valence-corrected chi connectivity index (χ1v) is 4.38. The first-order valence-electron chi connectivity index (χ1n) is 4.38. The summed E-state index contributed by atoms with van der Waals surface area (Å²) in [6, 6.07) is 4.17. The normalized spacial score (nSPS) is 10.7. The zero-order valence-electron chi connectivity index (χ0n) is 8.13. The zero-order valence-corrected chi connectivity index (χ0v) is 8.13. The Labute approximate surface area is 77.6 Å². The van der Waals surface area contributed by atoms with E-state index in [0.717, 1.165) is 16.7 Å². The molecule has 2 rings (SSSR count). The van der Waals surface area contributed by atoms with Crippen molar-refractivity contribution in [2.24, 2.45) is 0 Å². The van der Waals surface area contributed by atoms with Crippen LogP contribution in [-0.4, -0.2) is 9.97 Å². The molecule has 0 amide bonds. The van der Waals surface area contributed by atoms with Gasteiger partial charge in [0.2, 0.25) is 0 Å². The van der Waals surface area contributed by atoms with Crippen LogP contribution in [0, 0.1) is 20.8 Å². The fourth-order valence-electron chi connectivity index (χ4n) is 1.39. The first kappa shape index (κ1) is 8.17. The van der Waals surface area contributed by atoms with Crippen molar-refractivity contribution in [3.63, 3.8) is 0 Å². The number of aryl methyl sites for hydroxylation is 3. The van der Waals surface area contributed by atoms with Gasteiger partial charge in [0.1, 0.15) is 0 Å². The standard InChI is InChI=1S/C11H12N2/c1-7-4-5-12-11-10(7)6-8(2)9(3)13-11/h4-6H,1-3H3. The Morgan fingerprint density at radius 3 is 2.62 bits per heavy atom. The first-order chi connectivity index (χ1) is 6.18. The van der Waals surface area contributed by atoms with Gasteiger partial charge in [-0.15, -0.1) is 0 Å². The van der Waals surface area contributed by atoms with Crippen LogP contribution in [0.15, 0.2) is 18.3 Å². The maximum absolute atomic E-state index is 4.42. The van der Waals surface area contributed by atoms with Crippen LogP contribution in [0.1, 0.15) is 16.8 Å². The Hall–Kier alpha value is -1.44. The third-order valence-electron chi connectivity index (χ3n) is 2.39. The Bertz CT molecular complexity index is 461. The van der Waals surface area contributed by atoms with Crippen LogP contribution in [0.5, 0.6) is 0 Å². The molecule has 0 saturated carbocycles. The third-order valence-corrected chi connectivity index (χ3v) is 2.39. The summed E-state index contributed by atoms with van der Waals surface area (Å²) in [6.07, 6.45) is 1.80. The molecular weight excluding hydrogens is 160 g/mol. The predicted molar refractivity (Wildman–Crippen MR) is 53.7 cm³/mol. The van der Waals surface area contributed by atoms with Crippen molar-refractivity contribution in [2.45, 2.75) is 20.8 Å². The number of rotatable bonds is 0. The van der Waals surface area contributed by atoms with Crippen LogP contribution in [0.2, 0.25) is 0 Å². The highest BCUT2D eigenvalue weighted by atomic mass is 14.8. The van der Waals surface area contributed by atoms with E-state index < -0.39 is 0 Å². The van der Waals surface area contributed by atoms with Crippen LogP contribution < -0.4 is 0 Å². The Morgan fingerprint density at radius 1 is 1.08 bits per heavy atom. The second-order valence-electron chi connectivity index (χ2n) is 3.39. The highest BCUT2D eigenvalue weighted by molar-refractivity contribution is 5.79. The number of fused-ring (bicyclic) bond motifs is 1. The van der Waals surface area contributed by atoms with Gasteiger partial charge in [0.25, 0.3) is 0 Å². The largest absolute Gasteiger partial charge is 0.237 e. The molecule has 2 heteroatoms. The Kier molecular flexibility index (Phi) is 1.76. The molecule has 0 spiro atoms. The third kappa shape index (κ3) is 1.28. The van der Waals surface area contributed by atoms with E-state index in [1.165, 1.54) is 11.1 Å². The second-order valence-corrected chi connectivity index (χ2v) is 3.39. The average molecular weight is 172 g/mol. The summed E-state index contributed by atoms with van der Waals surface area (Å²) < 4.78 is 0. The molecule has 0 saturated heterocycles. The van der Waals surface area contributed by atoms with Crippen molar-refractivity contribution in [2.75, 3.05) is 0 Å². The van der Waals surface area contributed by atoms with Crippen molar-refractivity contribution >= 4 is 11.0 Å². The van der Waals surface area contributed by atoms with Gasteiger partial charge in [-0.1, -0.05) is 0 Å². The van der Waals surface area contributed by atoms with Gasteiger partial charge in [-0.25, -0.2) is 9.97 Å². The van der Waals surface area contributed by atoms with Gasteiger partial charge in [-0.3, -0.25) is 0 Å². The van der Waals surface area contributed by atoms with Crippen molar-refractivity contribution in [3.8, 4) is 0 Å². The highest BCUT2D eigenvalue weighted by Crippen LogP contribution is 2.16. The van der Waals surface area contributed by atoms with E-state index in [1.54, 1.807) is 6.20 Å². The summed E-state index contributed by atoms with van der Waals surface area (Å²) in [5, 5.41) is 1.16. The van der Waals surface area contributed by atoms with Crippen molar-refractivity contribution in [1.29, 1.82) is 0 Å². The second kappa shape index (κ2) is 2.80. The van der Waals surface area contributed by atoms with Crippen molar-refractivity contribution in [3.05, 3.63) is 35.2 Å². The summed E-state index contributed by atoms with van der Waals surface area (Å²) in [5.41, 5.74) is 4.37. The van der Waals surface area contributed by atoms with Crippen LogP contribution in [0.25, 0.3) is 11.0 Å². The number of hydrogen-bond donors (Lipinski definition) is 0. The molecule has 0 aliphatic rings. The lowest BCUT2D eigenvalue weighted by Crippen LogP contribution is -1.91. The zero-order chi connectivity index (χ0) is 9.42. The molecule has 0 aliphatic carbocycles. The molecular formula is C11H12N2. The number of nitrogens with zero attached hydrogens (tertiary/aromatic N) is 2. The molecule has 2 nitrogen and oxygen atoms in total. The van der Waals surface area contributed by atoms with Gasteiger partial charge in [0.05, 0.1) is 0 Å². The minimum atomic E-state index is 0.850. The fraction of sp³-hybridized carbons (Fsp3) is 0.273. The molecule has 0 radical (unpaired) electrons. The smallest absolute Gasteiger partial charge is 0.159 e. The van der Waals surface area contributed by atoms with Crippen LogP contribution >= 0.6 is 0 Å². The summed E-state index contributed by atoms with van der Waals surface area (Å²) in [5.74, 6) is 0. The monoisotopic (exact) mass is 172 g/mol. The van der Waals surface area contributed by atoms with E-state index in [4.69, 9.17) is 0 Å². The lowest BCUT2D eigenvalue weighted by molar-refractivity contribution is 1.15. The maximum Gasteiger partial charge on any atom is 0.159 e. The van der Waals surface area contributed by atoms with E-state index in [-0.39, 0.29) is 0 Å².